The average Bonchev–Trinajstić information content (AvgIpc) is 2.30. The highest BCUT2D eigenvalue weighted by Gasteiger charge is 2.23. The highest BCUT2D eigenvalue weighted by atomic mass is 14.9. The van der Waals surface area contributed by atoms with Gasteiger partial charge >= 0.3 is 0 Å². The first-order valence-corrected chi connectivity index (χ1v) is 5.92. The maximum absolute atomic E-state index is 4.07. The molecule has 2 N–H and O–H groups in total. The molecule has 16 heavy (non-hydrogen) atoms. The van der Waals surface area contributed by atoms with Crippen LogP contribution in [0.4, 0.5) is 0 Å². The Kier molecular flexibility index (Phi) is 5.43. The van der Waals surface area contributed by atoms with E-state index < -0.39 is 0 Å². The SMILES string of the molecule is CNCC(C(C)C)C(NC)c1ccncc1. The molecule has 2 atom stereocenters. The van der Waals surface area contributed by atoms with Crippen molar-refractivity contribution in [3.63, 3.8) is 0 Å². The van der Waals surface area contributed by atoms with E-state index in [1.807, 2.05) is 26.5 Å². The summed E-state index contributed by atoms with van der Waals surface area (Å²) in [6, 6.07) is 4.56. The molecule has 0 bridgehead atoms. The molecule has 0 aromatic carbocycles. The third-order valence-corrected chi connectivity index (χ3v) is 3.10. The van der Waals surface area contributed by atoms with Crippen molar-refractivity contribution in [1.29, 1.82) is 0 Å². The van der Waals surface area contributed by atoms with Gasteiger partial charge in [-0.3, -0.25) is 4.98 Å². The Labute approximate surface area is 98.7 Å². The first-order chi connectivity index (χ1) is 7.70. The lowest BCUT2D eigenvalue weighted by Gasteiger charge is -2.30. The lowest BCUT2D eigenvalue weighted by Crippen LogP contribution is -2.35. The van der Waals surface area contributed by atoms with Gasteiger partial charge in [-0.2, -0.15) is 0 Å². The molecule has 0 radical (unpaired) electrons. The van der Waals surface area contributed by atoms with E-state index in [0.29, 0.717) is 17.9 Å². The van der Waals surface area contributed by atoms with Gasteiger partial charge in [0, 0.05) is 18.4 Å². The maximum atomic E-state index is 4.07. The van der Waals surface area contributed by atoms with Crippen LogP contribution in [0.1, 0.15) is 25.5 Å². The lowest BCUT2D eigenvalue weighted by atomic mass is 9.85. The number of hydrogen-bond donors (Lipinski definition) is 2. The van der Waals surface area contributed by atoms with Crippen molar-refractivity contribution in [3.8, 4) is 0 Å². The van der Waals surface area contributed by atoms with Crippen LogP contribution in [0.25, 0.3) is 0 Å². The molecule has 0 saturated carbocycles. The molecule has 0 aliphatic rings. The fourth-order valence-corrected chi connectivity index (χ4v) is 2.17. The summed E-state index contributed by atoms with van der Waals surface area (Å²) in [4.78, 5) is 4.07. The minimum absolute atomic E-state index is 0.385. The standard InChI is InChI=1S/C13H23N3/c1-10(2)12(9-14-3)13(15-4)11-5-7-16-8-6-11/h5-8,10,12-15H,9H2,1-4H3. The van der Waals surface area contributed by atoms with Crippen molar-refractivity contribution < 1.29 is 0 Å². The van der Waals surface area contributed by atoms with Gasteiger partial charge < -0.3 is 10.6 Å². The zero-order valence-electron chi connectivity index (χ0n) is 10.7. The molecule has 0 spiro atoms. The lowest BCUT2D eigenvalue weighted by molar-refractivity contribution is 0.284. The molecule has 1 rings (SSSR count). The number of nitrogens with one attached hydrogen (secondary N) is 2. The van der Waals surface area contributed by atoms with E-state index >= 15 is 0 Å². The summed E-state index contributed by atoms with van der Waals surface area (Å²) in [6.45, 7) is 5.56. The van der Waals surface area contributed by atoms with Crippen molar-refractivity contribution in [3.05, 3.63) is 30.1 Å². The number of nitrogens with zero attached hydrogens (tertiary/aromatic N) is 1. The number of rotatable bonds is 6. The summed E-state index contributed by atoms with van der Waals surface area (Å²) in [5.74, 6) is 1.22. The van der Waals surface area contributed by atoms with Crippen LogP contribution in [0.2, 0.25) is 0 Å². The van der Waals surface area contributed by atoms with Crippen LogP contribution in [0.15, 0.2) is 24.5 Å². The van der Waals surface area contributed by atoms with Crippen LogP contribution in [-0.2, 0) is 0 Å². The molecule has 90 valence electrons. The topological polar surface area (TPSA) is 37.0 Å². The highest BCUT2D eigenvalue weighted by Crippen LogP contribution is 2.26. The van der Waals surface area contributed by atoms with Crippen molar-refractivity contribution in [2.75, 3.05) is 20.6 Å². The van der Waals surface area contributed by atoms with Crippen LogP contribution in [-0.4, -0.2) is 25.6 Å². The molecular weight excluding hydrogens is 198 g/mol. The summed E-state index contributed by atoms with van der Waals surface area (Å²) < 4.78 is 0. The van der Waals surface area contributed by atoms with Crippen molar-refractivity contribution >= 4 is 0 Å². The third-order valence-electron chi connectivity index (χ3n) is 3.10. The van der Waals surface area contributed by atoms with Gasteiger partial charge in [-0.05, 0) is 50.2 Å². The minimum Gasteiger partial charge on any atom is -0.319 e. The zero-order chi connectivity index (χ0) is 12.0. The Balaban J connectivity index is 2.86. The maximum Gasteiger partial charge on any atom is 0.0361 e. The van der Waals surface area contributed by atoms with Gasteiger partial charge in [0.2, 0.25) is 0 Å². The highest BCUT2D eigenvalue weighted by molar-refractivity contribution is 5.16. The Morgan fingerprint density at radius 2 is 1.81 bits per heavy atom. The molecular formula is C13H23N3. The van der Waals surface area contributed by atoms with E-state index in [-0.39, 0.29) is 0 Å². The summed E-state index contributed by atoms with van der Waals surface area (Å²) in [5.41, 5.74) is 1.31. The first-order valence-electron chi connectivity index (χ1n) is 5.92. The normalized spacial score (nSPS) is 15.1. The number of pyridine rings is 1. The quantitative estimate of drug-likeness (QED) is 0.769. The van der Waals surface area contributed by atoms with Crippen molar-refractivity contribution in [1.82, 2.24) is 15.6 Å². The Morgan fingerprint density at radius 3 is 2.25 bits per heavy atom. The van der Waals surface area contributed by atoms with Gasteiger partial charge in [-0.1, -0.05) is 13.8 Å². The monoisotopic (exact) mass is 221 g/mol. The second-order valence-corrected chi connectivity index (χ2v) is 4.51. The first kappa shape index (κ1) is 13.1. The summed E-state index contributed by atoms with van der Waals surface area (Å²) in [6.07, 6.45) is 3.72. The molecule has 2 unspecified atom stereocenters. The van der Waals surface area contributed by atoms with Gasteiger partial charge in [-0.15, -0.1) is 0 Å². The minimum atomic E-state index is 0.385. The Bertz CT molecular complexity index is 284. The molecule has 1 heterocycles. The van der Waals surface area contributed by atoms with E-state index in [9.17, 15) is 0 Å². The summed E-state index contributed by atoms with van der Waals surface area (Å²) in [5, 5.41) is 6.69. The average molecular weight is 221 g/mol. The van der Waals surface area contributed by atoms with Gasteiger partial charge in [-0.25, -0.2) is 0 Å². The predicted octanol–water partition coefficient (Wildman–Crippen LogP) is 1.83. The molecule has 3 nitrogen and oxygen atoms in total. The van der Waals surface area contributed by atoms with Crippen LogP contribution in [0.3, 0.4) is 0 Å². The largest absolute Gasteiger partial charge is 0.319 e. The van der Waals surface area contributed by atoms with Crippen molar-refractivity contribution in [2.24, 2.45) is 11.8 Å². The molecule has 1 aromatic rings. The molecule has 0 aliphatic heterocycles. The van der Waals surface area contributed by atoms with Crippen LogP contribution >= 0.6 is 0 Å². The zero-order valence-corrected chi connectivity index (χ0v) is 10.7. The number of aromatic nitrogens is 1. The van der Waals surface area contributed by atoms with Gasteiger partial charge in [0.1, 0.15) is 0 Å². The third kappa shape index (κ3) is 3.29. The second-order valence-electron chi connectivity index (χ2n) is 4.51. The summed E-state index contributed by atoms with van der Waals surface area (Å²) >= 11 is 0. The van der Waals surface area contributed by atoms with E-state index in [1.165, 1.54) is 5.56 Å². The number of hydrogen-bond acceptors (Lipinski definition) is 3. The smallest absolute Gasteiger partial charge is 0.0361 e. The fraction of sp³-hybridized carbons (Fsp3) is 0.615. The van der Waals surface area contributed by atoms with E-state index in [4.69, 9.17) is 0 Å². The Morgan fingerprint density at radius 1 is 1.19 bits per heavy atom. The van der Waals surface area contributed by atoms with Crippen molar-refractivity contribution in [2.45, 2.75) is 19.9 Å². The van der Waals surface area contributed by atoms with E-state index in [0.717, 1.165) is 6.54 Å². The Hall–Kier alpha value is -0.930. The van der Waals surface area contributed by atoms with Crippen LogP contribution in [0.5, 0.6) is 0 Å². The molecule has 1 aromatic heterocycles. The van der Waals surface area contributed by atoms with Gasteiger partial charge in [0.25, 0.3) is 0 Å². The molecule has 0 fully saturated rings. The molecule has 0 aliphatic carbocycles. The fourth-order valence-electron chi connectivity index (χ4n) is 2.17. The molecule has 0 saturated heterocycles. The second kappa shape index (κ2) is 6.61. The summed E-state index contributed by atoms with van der Waals surface area (Å²) in [7, 11) is 4.03. The molecule has 3 heteroatoms. The van der Waals surface area contributed by atoms with Gasteiger partial charge in [0.15, 0.2) is 0 Å². The van der Waals surface area contributed by atoms with Crippen LogP contribution in [0, 0.1) is 11.8 Å². The van der Waals surface area contributed by atoms with E-state index in [1.54, 1.807) is 0 Å². The van der Waals surface area contributed by atoms with Gasteiger partial charge in [0.05, 0.1) is 0 Å². The van der Waals surface area contributed by atoms with E-state index in [2.05, 4.69) is 41.6 Å². The predicted molar refractivity (Wildman–Crippen MR) is 68.3 cm³/mol. The molecule has 0 amide bonds. The van der Waals surface area contributed by atoms with Crippen LogP contribution < -0.4 is 10.6 Å².